The summed E-state index contributed by atoms with van der Waals surface area (Å²) in [7, 11) is 0. The number of esters is 1. The van der Waals surface area contributed by atoms with E-state index in [1.807, 2.05) is 0 Å². The van der Waals surface area contributed by atoms with Crippen LogP contribution in [0.5, 0.6) is 0 Å². The van der Waals surface area contributed by atoms with E-state index in [2.05, 4.69) is 9.88 Å². The summed E-state index contributed by atoms with van der Waals surface area (Å²) in [6.45, 7) is 2.82. The number of nitrogens with zero attached hydrogens (tertiary/aromatic N) is 3. The lowest BCUT2D eigenvalue weighted by molar-refractivity contribution is 0.0472. The predicted octanol–water partition coefficient (Wildman–Crippen LogP) is 3.02. The van der Waals surface area contributed by atoms with E-state index in [9.17, 15) is 14.4 Å². The number of carbonyl (C=O) groups is 3. The zero-order valence-corrected chi connectivity index (χ0v) is 16.8. The van der Waals surface area contributed by atoms with Crippen molar-refractivity contribution in [2.24, 2.45) is 0 Å². The highest BCUT2D eigenvalue weighted by molar-refractivity contribution is 6.37. The van der Waals surface area contributed by atoms with Crippen molar-refractivity contribution in [1.82, 2.24) is 14.3 Å². The maximum Gasteiger partial charge on any atom is 0.341 e. The highest BCUT2D eigenvalue weighted by Gasteiger charge is 2.39. The Morgan fingerprint density at radius 2 is 1.93 bits per heavy atom. The van der Waals surface area contributed by atoms with Gasteiger partial charge in [0, 0.05) is 18.9 Å². The molecule has 3 aromatic heterocycles. The van der Waals surface area contributed by atoms with Crippen LogP contribution < -0.4 is 0 Å². The number of pyridine rings is 2. The van der Waals surface area contributed by atoms with Crippen molar-refractivity contribution in [1.29, 1.82) is 0 Å². The highest BCUT2D eigenvalue weighted by atomic mass is 35.5. The number of ketones is 2. The second-order valence-electron chi connectivity index (χ2n) is 7.42. The van der Waals surface area contributed by atoms with Crippen molar-refractivity contribution in [3.8, 4) is 0 Å². The molecule has 4 heterocycles. The van der Waals surface area contributed by atoms with Crippen LogP contribution in [0.2, 0.25) is 5.02 Å². The van der Waals surface area contributed by atoms with Crippen LogP contribution in [-0.4, -0.2) is 58.1 Å². The molecular weight excluding hydrogens is 406 g/mol. The summed E-state index contributed by atoms with van der Waals surface area (Å²) in [6.07, 6.45) is 5.36. The van der Waals surface area contributed by atoms with Crippen molar-refractivity contribution >= 4 is 34.7 Å². The van der Waals surface area contributed by atoms with Crippen molar-refractivity contribution in [3.05, 3.63) is 69.8 Å². The smallest absolute Gasteiger partial charge is 0.341 e. The van der Waals surface area contributed by atoms with Crippen LogP contribution in [-0.2, 0) is 4.74 Å². The lowest BCUT2D eigenvalue weighted by Crippen LogP contribution is -2.26. The van der Waals surface area contributed by atoms with Crippen molar-refractivity contribution in [3.63, 3.8) is 0 Å². The minimum atomic E-state index is -0.658. The Morgan fingerprint density at radius 3 is 2.73 bits per heavy atom. The fourth-order valence-corrected chi connectivity index (χ4v) is 4.53. The summed E-state index contributed by atoms with van der Waals surface area (Å²) in [4.78, 5) is 45.8. The van der Waals surface area contributed by atoms with Gasteiger partial charge in [-0.25, -0.2) is 4.79 Å². The number of hydrogen-bond donors (Lipinski definition) is 0. The number of carbonyl (C=O) groups excluding carboxylic acids is 3. The van der Waals surface area contributed by atoms with E-state index in [1.54, 1.807) is 24.4 Å². The molecule has 0 bridgehead atoms. The van der Waals surface area contributed by atoms with Crippen LogP contribution in [0.3, 0.4) is 0 Å². The molecule has 0 N–H and O–H groups in total. The largest absolute Gasteiger partial charge is 0.461 e. The van der Waals surface area contributed by atoms with Gasteiger partial charge in [-0.15, -0.1) is 0 Å². The fraction of sp³-hybridized carbons (Fsp3) is 0.273. The van der Waals surface area contributed by atoms with Gasteiger partial charge in [0.15, 0.2) is 5.78 Å². The summed E-state index contributed by atoms with van der Waals surface area (Å²) >= 11 is 6.40. The SMILES string of the molecule is O=C1c2cccnc2C(=O)c2c1c(C(=O)OCCN1CCCC1)c1c(Cl)cccn21. The first-order valence-corrected chi connectivity index (χ1v) is 10.2. The van der Waals surface area contributed by atoms with Gasteiger partial charge in [-0.1, -0.05) is 11.6 Å². The van der Waals surface area contributed by atoms with Crippen LogP contribution >= 0.6 is 11.6 Å². The number of rotatable bonds is 4. The number of ether oxygens (including phenoxy) is 1. The minimum Gasteiger partial charge on any atom is -0.461 e. The van der Waals surface area contributed by atoms with Gasteiger partial charge in [-0.2, -0.15) is 0 Å². The molecular formula is C22H18ClN3O4. The third-order valence-electron chi connectivity index (χ3n) is 5.66. The summed E-state index contributed by atoms with van der Waals surface area (Å²) < 4.78 is 7.01. The molecule has 0 spiro atoms. The van der Waals surface area contributed by atoms with E-state index in [1.165, 1.54) is 16.7 Å². The molecule has 0 radical (unpaired) electrons. The van der Waals surface area contributed by atoms with Crippen LogP contribution in [0.15, 0.2) is 36.7 Å². The topological polar surface area (TPSA) is 81.0 Å². The summed E-state index contributed by atoms with van der Waals surface area (Å²) in [6, 6.07) is 6.40. The van der Waals surface area contributed by atoms with Crippen LogP contribution in [0, 0.1) is 0 Å². The molecule has 2 aliphatic rings. The molecule has 1 aliphatic carbocycles. The van der Waals surface area contributed by atoms with Crippen LogP contribution in [0.25, 0.3) is 5.52 Å². The third-order valence-corrected chi connectivity index (χ3v) is 5.97. The van der Waals surface area contributed by atoms with Crippen molar-refractivity contribution in [2.45, 2.75) is 12.8 Å². The highest BCUT2D eigenvalue weighted by Crippen LogP contribution is 2.36. The number of halogens is 1. The van der Waals surface area contributed by atoms with Gasteiger partial charge in [0.2, 0.25) is 5.78 Å². The molecule has 5 rings (SSSR count). The van der Waals surface area contributed by atoms with Crippen molar-refractivity contribution < 1.29 is 19.1 Å². The molecule has 1 saturated heterocycles. The maximum absolute atomic E-state index is 13.3. The van der Waals surface area contributed by atoms with Gasteiger partial charge in [0.1, 0.15) is 18.0 Å². The number of likely N-dealkylation sites (tertiary alicyclic amines) is 1. The minimum absolute atomic E-state index is 0.0276. The van der Waals surface area contributed by atoms with E-state index in [-0.39, 0.29) is 39.7 Å². The molecule has 0 aromatic carbocycles. The fourth-order valence-electron chi connectivity index (χ4n) is 4.27. The molecule has 0 unspecified atom stereocenters. The Labute approximate surface area is 177 Å². The zero-order chi connectivity index (χ0) is 20.8. The molecule has 0 atom stereocenters. The molecule has 0 amide bonds. The van der Waals surface area contributed by atoms with Gasteiger partial charge >= 0.3 is 5.97 Å². The molecule has 7 nitrogen and oxygen atoms in total. The predicted molar refractivity (Wildman–Crippen MR) is 109 cm³/mol. The molecule has 1 fully saturated rings. The van der Waals surface area contributed by atoms with Gasteiger partial charge in [-0.3, -0.25) is 19.5 Å². The van der Waals surface area contributed by atoms with Crippen LogP contribution in [0.1, 0.15) is 55.3 Å². The van der Waals surface area contributed by atoms with E-state index >= 15 is 0 Å². The first kappa shape index (κ1) is 19.0. The lowest BCUT2D eigenvalue weighted by atomic mass is 9.89. The standard InChI is InChI=1S/C22H18ClN3O4/c23-14-6-4-10-26-18(14)16(22(29)30-12-11-25-8-1-2-9-25)15-19(26)21(28)17-13(20(15)27)5-3-7-24-17/h3-7,10H,1-2,8-9,11-12H2. The van der Waals surface area contributed by atoms with E-state index in [0.717, 1.165) is 25.9 Å². The van der Waals surface area contributed by atoms with E-state index in [4.69, 9.17) is 16.3 Å². The van der Waals surface area contributed by atoms with Gasteiger partial charge in [0.25, 0.3) is 0 Å². The normalized spacial score (nSPS) is 16.0. The Morgan fingerprint density at radius 1 is 1.13 bits per heavy atom. The molecule has 8 heteroatoms. The van der Waals surface area contributed by atoms with Gasteiger partial charge in [0.05, 0.1) is 27.2 Å². The zero-order valence-electron chi connectivity index (χ0n) is 16.1. The Balaban J connectivity index is 1.61. The van der Waals surface area contributed by atoms with Crippen LogP contribution in [0.4, 0.5) is 0 Å². The first-order chi connectivity index (χ1) is 14.6. The van der Waals surface area contributed by atoms with Gasteiger partial charge in [-0.05, 0) is 50.2 Å². The Kier molecular flexibility index (Phi) is 4.64. The Bertz CT molecular complexity index is 1210. The molecule has 1 aliphatic heterocycles. The second-order valence-corrected chi connectivity index (χ2v) is 7.82. The Hall–Kier alpha value is -3.03. The summed E-state index contributed by atoms with van der Waals surface area (Å²) in [5, 5.41) is 0.260. The second kappa shape index (κ2) is 7.34. The summed E-state index contributed by atoms with van der Waals surface area (Å²) in [5.74, 6) is -1.51. The first-order valence-electron chi connectivity index (χ1n) is 9.84. The lowest BCUT2D eigenvalue weighted by Gasteiger charge is -2.15. The van der Waals surface area contributed by atoms with E-state index in [0.29, 0.717) is 12.1 Å². The van der Waals surface area contributed by atoms with Gasteiger partial charge < -0.3 is 9.14 Å². The molecule has 152 valence electrons. The van der Waals surface area contributed by atoms with Crippen molar-refractivity contribution in [2.75, 3.05) is 26.2 Å². The maximum atomic E-state index is 13.3. The third kappa shape index (κ3) is 2.85. The molecule has 0 saturated carbocycles. The molecule has 30 heavy (non-hydrogen) atoms. The number of fused-ring (bicyclic) bond motifs is 4. The molecule has 3 aromatic rings. The average molecular weight is 424 g/mol. The number of hydrogen-bond acceptors (Lipinski definition) is 6. The number of aromatic nitrogens is 2. The summed E-state index contributed by atoms with van der Waals surface area (Å²) in [5.41, 5.74) is 0.696. The van der Waals surface area contributed by atoms with E-state index < -0.39 is 17.5 Å². The quantitative estimate of drug-likeness (QED) is 0.469. The average Bonchev–Trinajstić information content (AvgIpc) is 3.39. The monoisotopic (exact) mass is 423 g/mol.